The predicted octanol–water partition coefficient (Wildman–Crippen LogP) is -2.50. The van der Waals surface area contributed by atoms with Crippen LogP contribution in [-0.4, -0.2) is 87.9 Å². The van der Waals surface area contributed by atoms with E-state index in [1.165, 1.54) is 0 Å². The van der Waals surface area contributed by atoms with Gasteiger partial charge in [-0.05, 0) is 0 Å². The van der Waals surface area contributed by atoms with Gasteiger partial charge in [-0.3, -0.25) is 19.2 Å². The third kappa shape index (κ3) is 14.2. The van der Waals surface area contributed by atoms with Crippen molar-refractivity contribution in [3.8, 4) is 0 Å². The van der Waals surface area contributed by atoms with Crippen molar-refractivity contribution in [1.82, 2.24) is 0 Å². The number of aliphatic hydroxyl groups is 2. The SMILES string of the molecule is O=C(O)CC(O)(CC(=O)O)C(=O)O.O=C(O)CC(O)(CC(=O)O)C(=O)O.[Ni].[Zr]. The van der Waals surface area contributed by atoms with Crippen LogP contribution in [0.3, 0.4) is 0 Å². The molecule has 0 fully saturated rings. The van der Waals surface area contributed by atoms with Crippen molar-refractivity contribution < 1.29 is 112 Å². The van der Waals surface area contributed by atoms with E-state index in [-0.39, 0.29) is 42.7 Å². The van der Waals surface area contributed by atoms with Crippen LogP contribution < -0.4 is 0 Å². The second kappa shape index (κ2) is 14.2. The van der Waals surface area contributed by atoms with E-state index < -0.39 is 72.7 Å². The van der Waals surface area contributed by atoms with E-state index in [2.05, 4.69) is 0 Å². The molecule has 0 aliphatic rings. The van der Waals surface area contributed by atoms with Gasteiger partial charge in [0.2, 0.25) is 0 Å². The van der Waals surface area contributed by atoms with Gasteiger partial charge in [0.15, 0.2) is 11.2 Å². The average Bonchev–Trinajstić information content (AvgIpc) is 2.34. The molecule has 0 unspecified atom stereocenters. The second-order valence-corrected chi connectivity index (χ2v) is 4.96. The summed E-state index contributed by atoms with van der Waals surface area (Å²) in [5.74, 6) is -10.0. The number of hydrogen-bond acceptors (Lipinski definition) is 8. The molecule has 14 nitrogen and oxygen atoms in total. The minimum atomic E-state index is -2.74. The Morgan fingerprint density at radius 3 is 0.714 bits per heavy atom. The van der Waals surface area contributed by atoms with Crippen molar-refractivity contribution in [3.05, 3.63) is 0 Å². The second-order valence-electron chi connectivity index (χ2n) is 4.96. The summed E-state index contributed by atoms with van der Waals surface area (Å²) in [6.45, 7) is 0. The van der Waals surface area contributed by atoms with Crippen LogP contribution in [0.25, 0.3) is 0 Å². The summed E-state index contributed by atoms with van der Waals surface area (Å²) in [7, 11) is 0. The van der Waals surface area contributed by atoms with Crippen LogP contribution in [0.5, 0.6) is 0 Å². The molecule has 16 heteroatoms. The summed E-state index contributed by atoms with van der Waals surface area (Å²) in [6, 6.07) is 0. The Hall–Kier alpha value is -1.88. The summed E-state index contributed by atoms with van der Waals surface area (Å²) < 4.78 is 0. The Kier molecular flexibility index (Phi) is 17.0. The number of hydrogen-bond donors (Lipinski definition) is 8. The molecule has 0 aromatic heterocycles. The maximum absolute atomic E-state index is 10.3. The molecule has 0 atom stereocenters. The van der Waals surface area contributed by atoms with Crippen LogP contribution in [0.1, 0.15) is 25.7 Å². The van der Waals surface area contributed by atoms with Gasteiger partial charge in [0.1, 0.15) is 0 Å². The number of rotatable bonds is 10. The molecule has 0 bridgehead atoms. The molecule has 0 saturated carbocycles. The van der Waals surface area contributed by atoms with Gasteiger partial charge < -0.3 is 40.9 Å². The Bertz CT molecular complexity index is 519. The Labute approximate surface area is 184 Å². The quantitative estimate of drug-likeness (QED) is 0.135. The zero-order valence-corrected chi connectivity index (χ0v) is 17.1. The Balaban J connectivity index is -0.000000192. The molecule has 28 heavy (non-hydrogen) atoms. The number of aliphatic carboxylic acids is 6. The van der Waals surface area contributed by atoms with Gasteiger partial charge in [-0.2, -0.15) is 0 Å². The van der Waals surface area contributed by atoms with Crippen molar-refractivity contribution in [2.24, 2.45) is 0 Å². The smallest absolute Gasteiger partial charge is 0.336 e. The average molecular weight is 534 g/mol. The fraction of sp³-hybridized carbons (Fsp3) is 0.500. The van der Waals surface area contributed by atoms with Gasteiger partial charge in [0.05, 0.1) is 25.7 Å². The monoisotopic (exact) mass is 532 g/mol. The molecular formula is C12H16NiO14Zr. The molecule has 0 aliphatic heterocycles. The fourth-order valence-electron chi connectivity index (χ4n) is 1.43. The van der Waals surface area contributed by atoms with Gasteiger partial charge >= 0.3 is 35.8 Å². The van der Waals surface area contributed by atoms with Crippen molar-refractivity contribution in [1.29, 1.82) is 0 Å². The van der Waals surface area contributed by atoms with E-state index in [0.717, 1.165) is 0 Å². The first-order chi connectivity index (χ1) is 11.6. The number of carboxylic acids is 6. The largest absolute Gasteiger partial charge is 0.481 e. The molecule has 0 amide bonds. The molecule has 0 aromatic carbocycles. The normalized spacial score (nSPS) is 10.1. The van der Waals surface area contributed by atoms with Crippen LogP contribution in [0.4, 0.5) is 0 Å². The van der Waals surface area contributed by atoms with Gasteiger partial charge in [-0.25, -0.2) is 9.59 Å². The first-order valence-corrected chi connectivity index (χ1v) is 6.34. The van der Waals surface area contributed by atoms with E-state index in [1.54, 1.807) is 0 Å². The van der Waals surface area contributed by atoms with Crippen LogP contribution in [0.15, 0.2) is 0 Å². The fourth-order valence-corrected chi connectivity index (χ4v) is 1.43. The third-order valence-electron chi connectivity index (χ3n) is 2.57. The van der Waals surface area contributed by atoms with Crippen LogP contribution in [0, 0.1) is 0 Å². The number of carbonyl (C=O) groups is 6. The van der Waals surface area contributed by atoms with Gasteiger partial charge in [0, 0.05) is 42.7 Å². The maximum atomic E-state index is 10.3. The van der Waals surface area contributed by atoms with E-state index in [4.69, 9.17) is 40.9 Å². The third-order valence-corrected chi connectivity index (χ3v) is 2.57. The molecule has 8 N–H and O–H groups in total. The Morgan fingerprint density at radius 2 is 0.643 bits per heavy atom. The standard InChI is InChI=1S/2C6H8O7.Ni.Zr/c2*7-3(8)1-6(13,5(11)12)2-4(9)10;;/h2*13H,1-2H2,(H,7,8)(H,9,10)(H,11,12);;. The molecule has 162 valence electrons. The zero-order valence-electron chi connectivity index (χ0n) is 13.7. The van der Waals surface area contributed by atoms with E-state index in [9.17, 15) is 28.8 Å². The minimum Gasteiger partial charge on any atom is -0.481 e. The summed E-state index contributed by atoms with van der Waals surface area (Å²) >= 11 is 0. The van der Waals surface area contributed by atoms with E-state index >= 15 is 0 Å². The number of carboxylic acid groups (broad SMARTS) is 6. The van der Waals surface area contributed by atoms with Crippen LogP contribution in [-0.2, 0) is 71.5 Å². The van der Waals surface area contributed by atoms with E-state index in [0.29, 0.717) is 0 Å². The van der Waals surface area contributed by atoms with Crippen LogP contribution in [0.2, 0.25) is 0 Å². The summed E-state index contributed by atoms with van der Waals surface area (Å²) in [5.41, 5.74) is -5.48. The van der Waals surface area contributed by atoms with Crippen molar-refractivity contribution in [3.63, 3.8) is 0 Å². The molecule has 0 heterocycles. The van der Waals surface area contributed by atoms with Crippen LogP contribution >= 0.6 is 0 Å². The van der Waals surface area contributed by atoms with Crippen molar-refractivity contribution in [2.45, 2.75) is 36.9 Å². The zero-order chi connectivity index (χ0) is 21.3. The van der Waals surface area contributed by atoms with E-state index in [1.807, 2.05) is 0 Å². The molecule has 0 radical (unpaired) electrons. The summed E-state index contributed by atoms with van der Waals surface area (Å²) in [4.78, 5) is 61.0. The first-order valence-electron chi connectivity index (χ1n) is 6.34. The molecule has 0 saturated heterocycles. The van der Waals surface area contributed by atoms with Crippen molar-refractivity contribution in [2.75, 3.05) is 0 Å². The topological polar surface area (TPSA) is 264 Å². The molecule has 0 aromatic rings. The molecule has 0 rings (SSSR count). The summed E-state index contributed by atoms with van der Waals surface area (Å²) in [5, 5.41) is 67.6. The predicted molar refractivity (Wildman–Crippen MR) is 74.2 cm³/mol. The first kappa shape index (κ1) is 33.7. The van der Waals surface area contributed by atoms with Crippen molar-refractivity contribution >= 4 is 35.8 Å². The van der Waals surface area contributed by atoms with Gasteiger partial charge in [0.25, 0.3) is 0 Å². The summed E-state index contributed by atoms with van der Waals surface area (Å²) in [6.07, 6.45) is -4.58. The maximum Gasteiger partial charge on any atom is 0.336 e. The van der Waals surface area contributed by atoms with Gasteiger partial charge in [-0.1, -0.05) is 0 Å². The Morgan fingerprint density at radius 1 is 0.500 bits per heavy atom. The minimum absolute atomic E-state index is 0. The molecule has 0 aliphatic carbocycles. The molecular weight excluding hydrogens is 518 g/mol. The molecule has 0 spiro atoms. The van der Waals surface area contributed by atoms with Gasteiger partial charge in [-0.15, -0.1) is 0 Å².